The van der Waals surface area contributed by atoms with Gasteiger partial charge in [-0.3, -0.25) is 4.79 Å². The summed E-state index contributed by atoms with van der Waals surface area (Å²) in [6, 6.07) is 12.5. The number of halogens is 3. The Bertz CT molecular complexity index is 912. The van der Waals surface area contributed by atoms with Crippen LogP contribution in [0.3, 0.4) is 0 Å². The number of aliphatic hydroxyl groups excluding tert-OH is 1. The Balaban J connectivity index is 2.06. The summed E-state index contributed by atoms with van der Waals surface area (Å²) in [7, 11) is 0. The van der Waals surface area contributed by atoms with Crippen molar-refractivity contribution < 1.29 is 23.1 Å². The molecule has 24 heavy (non-hydrogen) atoms. The normalized spacial score (nSPS) is 13.5. The van der Waals surface area contributed by atoms with Crippen LogP contribution in [0.15, 0.2) is 42.5 Å². The minimum Gasteiger partial charge on any atom is -0.383 e. The number of fused-ring (bicyclic) bond motifs is 3. The molecule has 0 amide bonds. The minimum atomic E-state index is -4.79. The molecule has 1 heterocycles. The van der Waals surface area contributed by atoms with Crippen LogP contribution in [-0.2, 0) is 6.54 Å². The van der Waals surface area contributed by atoms with Crippen LogP contribution < -0.4 is 0 Å². The van der Waals surface area contributed by atoms with Crippen LogP contribution in [0.1, 0.15) is 23.7 Å². The number of hydrogen-bond acceptors (Lipinski definition) is 2. The number of benzene rings is 2. The summed E-state index contributed by atoms with van der Waals surface area (Å²) in [5, 5.41) is 10.9. The largest absolute Gasteiger partial charge is 0.414 e. The zero-order valence-electron chi connectivity index (χ0n) is 13.0. The van der Waals surface area contributed by atoms with Crippen molar-refractivity contribution in [2.75, 3.05) is 0 Å². The summed E-state index contributed by atoms with van der Waals surface area (Å²) in [6.45, 7) is 2.74. The number of rotatable bonds is 4. The average molecular weight is 335 g/mol. The number of Topliss-reactive ketones (excluding diaryl/α,β-unsaturated/α-hetero) is 1. The second-order valence-corrected chi connectivity index (χ2v) is 5.68. The first-order valence-corrected chi connectivity index (χ1v) is 7.62. The Morgan fingerprint density at radius 3 is 2.46 bits per heavy atom. The van der Waals surface area contributed by atoms with Crippen molar-refractivity contribution in [3.05, 3.63) is 48.0 Å². The van der Waals surface area contributed by atoms with Crippen molar-refractivity contribution >= 4 is 27.6 Å². The summed E-state index contributed by atoms with van der Waals surface area (Å²) in [6.07, 6.45) is -8.41. The number of nitrogens with zero attached hydrogens (tertiary/aromatic N) is 1. The first-order chi connectivity index (χ1) is 11.3. The maximum absolute atomic E-state index is 12.4. The van der Waals surface area contributed by atoms with Crippen molar-refractivity contribution in [2.45, 2.75) is 32.2 Å². The van der Waals surface area contributed by atoms with Gasteiger partial charge >= 0.3 is 6.18 Å². The van der Waals surface area contributed by atoms with Gasteiger partial charge < -0.3 is 9.67 Å². The molecule has 126 valence electrons. The molecule has 0 aliphatic heterocycles. The number of aliphatic hydroxyl groups is 1. The van der Waals surface area contributed by atoms with Crippen LogP contribution >= 0.6 is 0 Å². The van der Waals surface area contributed by atoms with Gasteiger partial charge in [-0.15, -0.1) is 0 Å². The minimum absolute atomic E-state index is 0.171. The quantitative estimate of drug-likeness (QED) is 0.722. The molecule has 0 bridgehead atoms. The van der Waals surface area contributed by atoms with E-state index >= 15 is 0 Å². The Morgan fingerprint density at radius 2 is 1.79 bits per heavy atom. The number of carbonyl (C=O) groups excluding carboxylic acids is 1. The molecule has 0 radical (unpaired) electrons. The summed E-state index contributed by atoms with van der Waals surface area (Å²) in [4.78, 5) is 12.1. The molecular formula is C18H16F3NO2. The summed E-state index contributed by atoms with van der Waals surface area (Å²) >= 11 is 0. The third-order valence-corrected chi connectivity index (χ3v) is 4.17. The molecule has 0 fully saturated rings. The van der Waals surface area contributed by atoms with Crippen LogP contribution in [0, 0.1) is 0 Å². The lowest BCUT2D eigenvalue weighted by molar-refractivity contribution is -0.202. The van der Waals surface area contributed by atoms with Gasteiger partial charge in [0.1, 0.15) is 0 Å². The van der Waals surface area contributed by atoms with E-state index in [4.69, 9.17) is 5.11 Å². The highest BCUT2D eigenvalue weighted by molar-refractivity contribution is 6.11. The Kier molecular flexibility index (Phi) is 4.09. The van der Waals surface area contributed by atoms with Crippen molar-refractivity contribution in [1.29, 1.82) is 0 Å². The van der Waals surface area contributed by atoms with Crippen LogP contribution in [0.2, 0.25) is 0 Å². The summed E-state index contributed by atoms with van der Waals surface area (Å²) in [5.74, 6) is -0.727. The van der Waals surface area contributed by atoms with E-state index in [9.17, 15) is 18.0 Å². The molecule has 1 aromatic heterocycles. The van der Waals surface area contributed by atoms with E-state index in [-0.39, 0.29) is 5.56 Å². The number of aryl methyl sites for hydroxylation is 1. The van der Waals surface area contributed by atoms with E-state index in [0.29, 0.717) is 0 Å². The van der Waals surface area contributed by atoms with Crippen molar-refractivity contribution in [3.8, 4) is 0 Å². The van der Waals surface area contributed by atoms with E-state index in [1.807, 2.05) is 31.2 Å². The number of carbonyl (C=O) groups is 1. The highest BCUT2D eigenvalue weighted by atomic mass is 19.4. The lowest BCUT2D eigenvalue weighted by Gasteiger charge is -2.13. The van der Waals surface area contributed by atoms with E-state index in [1.165, 1.54) is 6.07 Å². The first-order valence-electron chi connectivity index (χ1n) is 7.62. The maximum Gasteiger partial charge on any atom is 0.414 e. The molecule has 3 rings (SSSR count). The van der Waals surface area contributed by atoms with E-state index in [2.05, 4.69) is 4.57 Å². The van der Waals surface area contributed by atoms with Crippen LogP contribution in [0.5, 0.6) is 0 Å². The molecule has 0 spiro atoms. The third kappa shape index (κ3) is 2.78. The van der Waals surface area contributed by atoms with Gasteiger partial charge in [0, 0.05) is 40.3 Å². The highest BCUT2D eigenvalue weighted by Gasteiger charge is 2.39. The van der Waals surface area contributed by atoms with E-state index in [0.717, 1.165) is 28.4 Å². The number of para-hydroxylation sites is 1. The van der Waals surface area contributed by atoms with Crippen molar-refractivity contribution in [3.63, 3.8) is 0 Å². The third-order valence-electron chi connectivity index (χ3n) is 4.17. The van der Waals surface area contributed by atoms with Crippen molar-refractivity contribution in [2.24, 2.45) is 0 Å². The smallest absolute Gasteiger partial charge is 0.383 e. The number of ketones is 1. The zero-order valence-corrected chi connectivity index (χ0v) is 13.0. The first kappa shape index (κ1) is 16.5. The number of aromatic nitrogens is 1. The second-order valence-electron chi connectivity index (χ2n) is 5.68. The van der Waals surface area contributed by atoms with Gasteiger partial charge in [0.2, 0.25) is 0 Å². The molecule has 0 aliphatic carbocycles. The van der Waals surface area contributed by atoms with E-state index < -0.39 is 24.5 Å². The van der Waals surface area contributed by atoms with Crippen LogP contribution in [0.25, 0.3) is 21.8 Å². The molecule has 3 nitrogen and oxygen atoms in total. The average Bonchev–Trinajstić information content (AvgIpc) is 2.86. The van der Waals surface area contributed by atoms with Gasteiger partial charge in [-0.05, 0) is 31.2 Å². The fraction of sp³-hybridized carbons (Fsp3) is 0.278. The molecule has 0 aliphatic rings. The van der Waals surface area contributed by atoms with Gasteiger partial charge in [-0.1, -0.05) is 18.2 Å². The summed E-state index contributed by atoms with van der Waals surface area (Å²) in [5.41, 5.74) is 2.10. The van der Waals surface area contributed by atoms with E-state index in [1.54, 1.807) is 12.1 Å². The number of hydrogen-bond donors (Lipinski definition) is 1. The van der Waals surface area contributed by atoms with Gasteiger partial charge in [-0.25, -0.2) is 0 Å². The molecule has 1 unspecified atom stereocenters. The lowest BCUT2D eigenvalue weighted by atomic mass is 10.0. The zero-order chi connectivity index (χ0) is 17.5. The molecule has 0 saturated carbocycles. The highest BCUT2D eigenvalue weighted by Crippen LogP contribution is 2.30. The second kappa shape index (κ2) is 5.94. The Hall–Kier alpha value is -2.34. The van der Waals surface area contributed by atoms with Crippen LogP contribution in [0.4, 0.5) is 13.2 Å². The van der Waals surface area contributed by atoms with Gasteiger partial charge in [0.05, 0.1) is 0 Å². The fourth-order valence-corrected chi connectivity index (χ4v) is 2.98. The standard InChI is InChI=1S/C18H16F3NO2/c1-2-22-14-6-4-3-5-12(14)13-9-11(7-8-15(13)22)16(23)10-17(24)18(19,20)21/h3-9,17,24H,2,10H2,1H3. The van der Waals surface area contributed by atoms with Gasteiger partial charge in [-0.2, -0.15) is 13.2 Å². The molecule has 1 N–H and O–H groups in total. The van der Waals surface area contributed by atoms with Gasteiger partial charge in [0.25, 0.3) is 0 Å². The topological polar surface area (TPSA) is 42.2 Å². The van der Waals surface area contributed by atoms with Gasteiger partial charge in [0.15, 0.2) is 11.9 Å². The Labute approximate surface area is 136 Å². The number of alkyl halides is 3. The SMILES string of the molecule is CCn1c2ccccc2c2cc(C(=O)CC(O)C(F)(F)F)ccc21. The summed E-state index contributed by atoms with van der Waals surface area (Å²) < 4.78 is 39.4. The molecular weight excluding hydrogens is 319 g/mol. The predicted octanol–water partition coefficient (Wildman–Crippen LogP) is 4.31. The fourth-order valence-electron chi connectivity index (χ4n) is 2.98. The molecule has 2 aromatic carbocycles. The van der Waals surface area contributed by atoms with Crippen LogP contribution in [-0.4, -0.2) is 27.7 Å². The molecule has 6 heteroatoms. The predicted molar refractivity (Wildman–Crippen MR) is 86.1 cm³/mol. The lowest BCUT2D eigenvalue weighted by Crippen LogP contribution is -2.30. The maximum atomic E-state index is 12.4. The molecule has 1 atom stereocenters. The molecule has 0 saturated heterocycles. The monoisotopic (exact) mass is 335 g/mol. The molecule has 3 aromatic rings. The van der Waals surface area contributed by atoms with Crippen molar-refractivity contribution in [1.82, 2.24) is 4.57 Å². The Morgan fingerprint density at radius 1 is 1.12 bits per heavy atom.